The van der Waals surface area contributed by atoms with E-state index >= 15 is 0 Å². The Morgan fingerprint density at radius 1 is 1.32 bits per heavy atom. The average Bonchev–Trinajstić information content (AvgIpc) is 3.09. The highest BCUT2D eigenvalue weighted by Gasteiger charge is 2.24. The first-order chi connectivity index (χ1) is 9.28. The first-order valence-corrected chi connectivity index (χ1v) is 6.25. The second-order valence-corrected chi connectivity index (χ2v) is 4.56. The normalized spacial score (nSPS) is 18.8. The van der Waals surface area contributed by atoms with Gasteiger partial charge in [-0.05, 0) is 19.8 Å². The smallest absolute Gasteiger partial charge is 0.243 e. The number of hydrogen-bond donors (Lipinski definition) is 2. The van der Waals surface area contributed by atoms with Gasteiger partial charge in [0.1, 0.15) is 6.33 Å². The van der Waals surface area contributed by atoms with Crippen LogP contribution in [-0.2, 0) is 0 Å². The summed E-state index contributed by atoms with van der Waals surface area (Å²) >= 11 is 0. The van der Waals surface area contributed by atoms with Gasteiger partial charge in [0.25, 0.3) is 0 Å². The molecule has 3 rings (SSSR count). The predicted molar refractivity (Wildman–Crippen MR) is 70.8 cm³/mol. The van der Waals surface area contributed by atoms with Gasteiger partial charge in [-0.25, -0.2) is 10.8 Å². The summed E-state index contributed by atoms with van der Waals surface area (Å²) in [5, 5.41) is 0. The molecular formula is C11H16N8. The zero-order valence-electron chi connectivity index (χ0n) is 10.7. The van der Waals surface area contributed by atoms with Crippen molar-refractivity contribution in [3.05, 3.63) is 18.7 Å². The van der Waals surface area contributed by atoms with Crippen LogP contribution < -0.4 is 16.2 Å². The molecule has 3 heterocycles. The first-order valence-electron chi connectivity index (χ1n) is 6.25. The second-order valence-electron chi connectivity index (χ2n) is 4.56. The molecule has 0 spiro atoms. The van der Waals surface area contributed by atoms with Crippen LogP contribution in [0.4, 0.5) is 11.9 Å². The SMILES string of the molecule is CC1CCCN1c1nc(NN)nc(-n2ccnc2)n1. The Morgan fingerprint density at radius 2 is 2.16 bits per heavy atom. The monoisotopic (exact) mass is 260 g/mol. The Hall–Kier alpha value is -2.22. The minimum Gasteiger partial charge on any atom is -0.338 e. The van der Waals surface area contributed by atoms with E-state index in [0.717, 1.165) is 19.4 Å². The number of rotatable bonds is 3. The summed E-state index contributed by atoms with van der Waals surface area (Å²) in [5.74, 6) is 6.94. The molecule has 1 aliphatic rings. The predicted octanol–water partition coefficient (Wildman–Crippen LogP) is 0.332. The summed E-state index contributed by atoms with van der Waals surface area (Å²) in [6, 6.07) is 0.434. The van der Waals surface area contributed by atoms with Gasteiger partial charge in [-0.15, -0.1) is 0 Å². The summed E-state index contributed by atoms with van der Waals surface area (Å²) in [6.07, 6.45) is 7.41. The van der Waals surface area contributed by atoms with Crippen LogP contribution in [0.2, 0.25) is 0 Å². The molecule has 0 aromatic carbocycles. The van der Waals surface area contributed by atoms with Crippen LogP contribution in [0, 0.1) is 0 Å². The fraction of sp³-hybridized carbons (Fsp3) is 0.455. The van der Waals surface area contributed by atoms with Crippen molar-refractivity contribution in [2.45, 2.75) is 25.8 Å². The number of aromatic nitrogens is 5. The molecule has 1 atom stereocenters. The molecule has 1 fully saturated rings. The maximum absolute atomic E-state index is 5.43. The number of anilines is 2. The van der Waals surface area contributed by atoms with Gasteiger partial charge in [-0.1, -0.05) is 0 Å². The maximum Gasteiger partial charge on any atom is 0.243 e. The van der Waals surface area contributed by atoms with Crippen molar-refractivity contribution >= 4 is 11.9 Å². The lowest BCUT2D eigenvalue weighted by Crippen LogP contribution is -2.29. The standard InChI is InChI=1S/C11H16N8/c1-8-3-2-5-19(8)11-15-9(17-12)14-10(16-11)18-6-4-13-7-18/h4,6-8H,2-3,5,12H2,1H3,(H,14,15,16,17). The molecule has 19 heavy (non-hydrogen) atoms. The van der Waals surface area contributed by atoms with E-state index in [1.807, 2.05) is 0 Å². The molecule has 2 aromatic heterocycles. The molecule has 8 heteroatoms. The van der Waals surface area contributed by atoms with Crippen molar-refractivity contribution in [3.8, 4) is 5.95 Å². The fourth-order valence-corrected chi connectivity index (χ4v) is 2.27. The molecule has 1 unspecified atom stereocenters. The molecule has 0 amide bonds. The number of nitrogens with one attached hydrogen (secondary N) is 1. The number of nitrogen functional groups attached to an aromatic ring is 1. The van der Waals surface area contributed by atoms with Crippen molar-refractivity contribution < 1.29 is 0 Å². The van der Waals surface area contributed by atoms with Gasteiger partial charge in [0.2, 0.25) is 17.8 Å². The van der Waals surface area contributed by atoms with E-state index in [4.69, 9.17) is 5.84 Å². The third-order valence-electron chi connectivity index (χ3n) is 3.29. The largest absolute Gasteiger partial charge is 0.338 e. The molecule has 100 valence electrons. The zero-order chi connectivity index (χ0) is 13.2. The van der Waals surface area contributed by atoms with Gasteiger partial charge in [0, 0.05) is 25.0 Å². The van der Waals surface area contributed by atoms with Crippen molar-refractivity contribution in [2.75, 3.05) is 16.9 Å². The van der Waals surface area contributed by atoms with E-state index in [-0.39, 0.29) is 0 Å². The summed E-state index contributed by atoms with van der Waals surface area (Å²) in [7, 11) is 0. The molecule has 1 aliphatic heterocycles. The lowest BCUT2D eigenvalue weighted by Gasteiger charge is -2.21. The van der Waals surface area contributed by atoms with Gasteiger partial charge in [0.05, 0.1) is 0 Å². The van der Waals surface area contributed by atoms with E-state index in [9.17, 15) is 0 Å². The quantitative estimate of drug-likeness (QED) is 0.606. The molecular weight excluding hydrogens is 244 g/mol. The number of nitrogens with zero attached hydrogens (tertiary/aromatic N) is 6. The van der Waals surface area contributed by atoms with E-state index in [0.29, 0.717) is 23.9 Å². The van der Waals surface area contributed by atoms with Crippen LogP contribution in [0.3, 0.4) is 0 Å². The molecule has 1 saturated heterocycles. The highest BCUT2D eigenvalue weighted by Crippen LogP contribution is 2.23. The summed E-state index contributed by atoms with van der Waals surface area (Å²) in [6.45, 7) is 3.13. The molecule has 8 nitrogen and oxygen atoms in total. The summed E-state index contributed by atoms with van der Waals surface area (Å²) < 4.78 is 1.73. The van der Waals surface area contributed by atoms with E-state index in [1.54, 1.807) is 23.3 Å². The molecule has 0 radical (unpaired) electrons. The topological polar surface area (TPSA) is 97.8 Å². The van der Waals surface area contributed by atoms with E-state index < -0.39 is 0 Å². The number of nitrogens with two attached hydrogens (primary N) is 1. The molecule has 0 bridgehead atoms. The molecule has 0 saturated carbocycles. The molecule has 2 aromatic rings. The number of hydrazine groups is 1. The first kappa shape index (κ1) is 11.8. The Balaban J connectivity index is 2.02. The minimum atomic E-state index is 0.354. The van der Waals surface area contributed by atoms with Crippen molar-refractivity contribution in [1.82, 2.24) is 24.5 Å². The van der Waals surface area contributed by atoms with Crippen LogP contribution in [0.25, 0.3) is 5.95 Å². The van der Waals surface area contributed by atoms with Gasteiger partial charge in [-0.3, -0.25) is 9.99 Å². The maximum atomic E-state index is 5.43. The van der Waals surface area contributed by atoms with Gasteiger partial charge < -0.3 is 4.90 Å². The van der Waals surface area contributed by atoms with Crippen LogP contribution in [-0.4, -0.2) is 37.1 Å². The van der Waals surface area contributed by atoms with Gasteiger partial charge >= 0.3 is 0 Å². The third-order valence-corrected chi connectivity index (χ3v) is 3.29. The lowest BCUT2D eigenvalue weighted by atomic mass is 10.2. The number of hydrogen-bond acceptors (Lipinski definition) is 7. The Labute approximate surface area is 110 Å². The van der Waals surface area contributed by atoms with Crippen molar-refractivity contribution in [1.29, 1.82) is 0 Å². The van der Waals surface area contributed by atoms with Crippen LogP contribution in [0.1, 0.15) is 19.8 Å². The zero-order valence-corrected chi connectivity index (χ0v) is 10.7. The lowest BCUT2D eigenvalue weighted by molar-refractivity contribution is 0.710. The summed E-state index contributed by atoms with van der Waals surface area (Å²) in [5.41, 5.74) is 2.49. The van der Waals surface area contributed by atoms with Gasteiger partial charge in [0.15, 0.2) is 0 Å². The van der Waals surface area contributed by atoms with Crippen LogP contribution in [0.5, 0.6) is 0 Å². The number of imidazole rings is 1. The Bertz CT molecular complexity index is 552. The highest BCUT2D eigenvalue weighted by atomic mass is 15.4. The second kappa shape index (κ2) is 4.81. The Kier molecular flexibility index (Phi) is 3.00. The average molecular weight is 260 g/mol. The minimum absolute atomic E-state index is 0.354. The van der Waals surface area contributed by atoms with E-state index in [2.05, 4.69) is 37.2 Å². The molecule has 0 aliphatic carbocycles. The van der Waals surface area contributed by atoms with Crippen LogP contribution >= 0.6 is 0 Å². The van der Waals surface area contributed by atoms with E-state index in [1.165, 1.54) is 0 Å². The van der Waals surface area contributed by atoms with Crippen LogP contribution in [0.15, 0.2) is 18.7 Å². The van der Waals surface area contributed by atoms with Gasteiger partial charge in [-0.2, -0.15) is 15.0 Å². The summed E-state index contributed by atoms with van der Waals surface area (Å²) in [4.78, 5) is 19.2. The fourth-order valence-electron chi connectivity index (χ4n) is 2.27. The Morgan fingerprint density at radius 3 is 2.79 bits per heavy atom. The molecule has 3 N–H and O–H groups in total. The van der Waals surface area contributed by atoms with Crippen molar-refractivity contribution in [3.63, 3.8) is 0 Å². The third kappa shape index (κ3) is 2.22. The highest BCUT2D eigenvalue weighted by molar-refractivity contribution is 5.41. The van der Waals surface area contributed by atoms with Crippen molar-refractivity contribution in [2.24, 2.45) is 5.84 Å².